The highest BCUT2D eigenvalue weighted by molar-refractivity contribution is 9.09. The Kier molecular flexibility index (Phi) is 6.43. The van der Waals surface area contributed by atoms with Gasteiger partial charge in [0.25, 0.3) is 0 Å². The van der Waals surface area contributed by atoms with E-state index < -0.39 is 4.83 Å². The average molecular weight is 383 g/mol. The summed E-state index contributed by atoms with van der Waals surface area (Å²) in [7, 11) is 0. The molecule has 3 nitrogen and oxygen atoms in total. The number of hydrogen-bond acceptors (Lipinski definition) is 2. The first-order valence-electron chi connectivity index (χ1n) is 6.95. The molecule has 2 aromatic carbocycles. The normalized spacial score (nSPS) is 13.4. The monoisotopic (exact) mass is 381 g/mol. The van der Waals surface area contributed by atoms with Crippen LogP contribution in [0.1, 0.15) is 16.0 Å². The molecule has 0 saturated heterocycles. The van der Waals surface area contributed by atoms with Crippen LogP contribution in [-0.2, 0) is 11.2 Å². The number of benzene rings is 2. The maximum absolute atomic E-state index is 12.3. The van der Waals surface area contributed by atoms with E-state index >= 15 is 0 Å². The predicted molar refractivity (Wildman–Crippen MR) is 92.3 cm³/mol. The fourth-order valence-corrected chi connectivity index (χ4v) is 2.68. The van der Waals surface area contributed by atoms with Gasteiger partial charge in [-0.2, -0.15) is 0 Å². The molecule has 0 saturated carbocycles. The van der Waals surface area contributed by atoms with E-state index in [0.29, 0.717) is 11.4 Å². The summed E-state index contributed by atoms with van der Waals surface area (Å²) in [5, 5.41) is 13.0. The molecule has 2 N–H and O–H groups in total. The quantitative estimate of drug-likeness (QED) is 0.751. The van der Waals surface area contributed by atoms with E-state index in [1.807, 2.05) is 42.5 Å². The van der Waals surface area contributed by atoms with Crippen LogP contribution in [0.15, 0.2) is 54.6 Å². The number of rotatable bonds is 6. The van der Waals surface area contributed by atoms with Gasteiger partial charge in [0.1, 0.15) is 4.83 Å². The topological polar surface area (TPSA) is 49.3 Å². The van der Waals surface area contributed by atoms with Crippen LogP contribution >= 0.6 is 27.5 Å². The zero-order chi connectivity index (χ0) is 15.9. The molecule has 1 amide bonds. The van der Waals surface area contributed by atoms with E-state index in [2.05, 4.69) is 21.2 Å². The Hall–Kier alpha value is -1.36. The number of aliphatic hydroxyl groups excluding tert-OH is 1. The largest absolute Gasteiger partial charge is 0.394 e. The van der Waals surface area contributed by atoms with Gasteiger partial charge in [-0.05, 0) is 29.7 Å². The fourth-order valence-electron chi connectivity index (χ4n) is 2.11. The molecule has 0 aromatic heterocycles. The second-order valence-corrected chi connectivity index (χ2v) is 6.34. The van der Waals surface area contributed by atoms with E-state index in [0.717, 1.165) is 11.1 Å². The number of halogens is 2. The lowest BCUT2D eigenvalue weighted by molar-refractivity contribution is -0.121. The smallest absolute Gasteiger partial charge is 0.238 e. The van der Waals surface area contributed by atoms with Gasteiger partial charge < -0.3 is 10.4 Å². The van der Waals surface area contributed by atoms with Gasteiger partial charge in [0, 0.05) is 5.02 Å². The molecule has 5 heteroatoms. The van der Waals surface area contributed by atoms with Crippen molar-refractivity contribution in [1.29, 1.82) is 0 Å². The number of carbonyl (C=O) groups is 1. The number of nitrogens with one attached hydrogen (secondary N) is 1. The van der Waals surface area contributed by atoms with Crippen LogP contribution in [0.4, 0.5) is 0 Å². The third kappa shape index (κ3) is 4.83. The van der Waals surface area contributed by atoms with Gasteiger partial charge in [0.05, 0.1) is 12.6 Å². The van der Waals surface area contributed by atoms with E-state index in [1.165, 1.54) is 0 Å². The zero-order valence-corrected chi connectivity index (χ0v) is 14.2. The summed E-state index contributed by atoms with van der Waals surface area (Å²) in [6, 6.07) is 16.5. The van der Waals surface area contributed by atoms with Crippen LogP contribution in [-0.4, -0.2) is 23.7 Å². The predicted octanol–water partition coefficient (Wildman–Crippen LogP) is 3.50. The van der Waals surface area contributed by atoms with Gasteiger partial charge in [0.15, 0.2) is 0 Å². The van der Waals surface area contributed by atoms with Crippen LogP contribution < -0.4 is 5.32 Å². The van der Waals surface area contributed by atoms with Crippen molar-refractivity contribution in [3.8, 4) is 0 Å². The molecule has 0 bridgehead atoms. The molecule has 0 aliphatic rings. The van der Waals surface area contributed by atoms with Gasteiger partial charge in [-0.3, -0.25) is 4.79 Å². The summed E-state index contributed by atoms with van der Waals surface area (Å²) in [5.41, 5.74) is 1.89. The van der Waals surface area contributed by atoms with Crippen LogP contribution in [0.25, 0.3) is 0 Å². The molecule has 2 rings (SSSR count). The molecule has 0 radical (unpaired) electrons. The minimum atomic E-state index is -0.437. The summed E-state index contributed by atoms with van der Waals surface area (Å²) >= 11 is 9.24. The average Bonchev–Trinajstić information content (AvgIpc) is 2.56. The third-order valence-corrected chi connectivity index (χ3v) is 4.48. The molecular weight excluding hydrogens is 366 g/mol. The first-order valence-corrected chi connectivity index (χ1v) is 8.24. The minimum absolute atomic E-state index is 0.122. The molecule has 22 heavy (non-hydrogen) atoms. The van der Waals surface area contributed by atoms with Gasteiger partial charge in [-0.1, -0.05) is 70.0 Å². The maximum atomic E-state index is 12.3. The Morgan fingerprint density at radius 3 is 2.36 bits per heavy atom. The minimum Gasteiger partial charge on any atom is -0.394 e. The fraction of sp³-hybridized carbons (Fsp3) is 0.235. The number of carbonyl (C=O) groups excluding carboxylic acids is 1. The summed E-state index contributed by atoms with van der Waals surface area (Å²) < 4.78 is 0. The zero-order valence-electron chi connectivity index (χ0n) is 11.9. The highest BCUT2D eigenvalue weighted by Gasteiger charge is 2.20. The van der Waals surface area contributed by atoms with Crippen LogP contribution in [0.3, 0.4) is 0 Å². The van der Waals surface area contributed by atoms with Crippen molar-refractivity contribution in [1.82, 2.24) is 5.32 Å². The number of amides is 1. The Balaban J connectivity index is 1.97. The summed E-state index contributed by atoms with van der Waals surface area (Å²) in [6.07, 6.45) is 0.550. The number of hydrogen-bond donors (Lipinski definition) is 2. The van der Waals surface area contributed by atoms with E-state index in [4.69, 9.17) is 11.6 Å². The first kappa shape index (κ1) is 17.0. The third-order valence-electron chi connectivity index (χ3n) is 3.28. The van der Waals surface area contributed by atoms with Gasteiger partial charge in [0.2, 0.25) is 5.91 Å². The lowest BCUT2D eigenvalue weighted by Crippen LogP contribution is -2.40. The summed E-state index contributed by atoms with van der Waals surface area (Å²) in [5.74, 6) is -0.167. The second kappa shape index (κ2) is 8.32. The molecule has 0 heterocycles. The maximum Gasteiger partial charge on any atom is 0.238 e. The number of aliphatic hydroxyl groups is 1. The molecule has 0 fully saturated rings. The SMILES string of the molecule is O=C(N[C@H](CO)Cc1ccc(Cl)cc1)C(Br)c1ccccc1. The van der Waals surface area contributed by atoms with Crippen molar-refractivity contribution in [2.45, 2.75) is 17.3 Å². The lowest BCUT2D eigenvalue weighted by Gasteiger charge is -2.19. The molecule has 0 spiro atoms. The summed E-state index contributed by atoms with van der Waals surface area (Å²) in [4.78, 5) is 11.8. The van der Waals surface area contributed by atoms with Crippen molar-refractivity contribution >= 4 is 33.4 Å². The van der Waals surface area contributed by atoms with Crippen LogP contribution in [0, 0.1) is 0 Å². The summed E-state index contributed by atoms with van der Waals surface area (Å²) in [6.45, 7) is -0.122. The van der Waals surface area contributed by atoms with Crippen molar-refractivity contribution in [3.63, 3.8) is 0 Å². The van der Waals surface area contributed by atoms with Crippen LogP contribution in [0.5, 0.6) is 0 Å². The van der Waals surface area contributed by atoms with E-state index in [9.17, 15) is 9.90 Å². The van der Waals surface area contributed by atoms with Gasteiger partial charge in [-0.25, -0.2) is 0 Å². The van der Waals surface area contributed by atoms with Crippen molar-refractivity contribution in [2.75, 3.05) is 6.61 Å². The van der Waals surface area contributed by atoms with Crippen LogP contribution in [0.2, 0.25) is 5.02 Å². The van der Waals surface area contributed by atoms with Gasteiger partial charge in [-0.15, -0.1) is 0 Å². The highest BCUT2D eigenvalue weighted by Crippen LogP contribution is 2.22. The van der Waals surface area contributed by atoms with E-state index in [-0.39, 0.29) is 18.6 Å². The molecule has 1 unspecified atom stereocenters. The van der Waals surface area contributed by atoms with Crippen molar-refractivity contribution < 1.29 is 9.90 Å². The second-order valence-electron chi connectivity index (χ2n) is 4.99. The molecule has 0 aliphatic heterocycles. The Bertz CT molecular complexity index is 604. The number of alkyl halides is 1. The Morgan fingerprint density at radius 1 is 1.14 bits per heavy atom. The highest BCUT2D eigenvalue weighted by atomic mass is 79.9. The molecule has 2 aromatic rings. The van der Waals surface area contributed by atoms with Crippen molar-refractivity contribution in [3.05, 3.63) is 70.7 Å². The molecule has 116 valence electrons. The van der Waals surface area contributed by atoms with Gasteiger partial charge >= 0.3 is 0 Å². The first-order chi connectivity index (χ1) is 10.6. The standard InChI is InChI=1S/C17H17BrClNO2/c18-16(13-4-2-1-3-5-13)17(22)20-15(11-21)10-12-6-8-14(19)9-7-12/h1-9,15-16,21H,10-11H2,(H,20,22)/t15-,16?/m0/s1. The molecule has 0 aliphatic carbocycles. The van der Waals surface area contributed by atoms with Crippen molar-refractivity contribution in [2.24, 2.45) is 0 Å². The van der Waals surface area contributed by atoms with E-state index in [1.54, 1.807) is 12.1 Å². The Morgan fingerprint density at radius 2 is 1.77 bits per heavy atom. The molecule has 2 atom stereocenters. The Labute approximate surface area is 143 Å². The molecular formula is C17H17BrClNO2. The lowest BCUT2D eigenvalue weighted by atomic mass is 10.1.